The summed E-state index contributed by atoms with van der Waals surface area (Å²) in [5.74, 6) is -1.07. The SMILES string of the molecule is Cc1cc(C#N)nc(Sc2ncccc2C(=O)O)n1. The highest BCUT2D eigenvalue weighted by Crippen LogP contribution is 2.26. The fourth-order valence-corrected chi connectivity index (χ4v) is 2.25. The van der Waals surface area contributed by atoms with Crippen molar-refractivity contribution in [3.05, 3.63) is 41.3 Å². The maximum absolute atomic E-state index is 11.1. The number of aromatic nitrogens is 3. The van der Waals surface area contributed by atoms with E-state index in [1.165, 1.54) is 12.3 Å². The van der Waals surface area contributed by atoms with E-state index in [0.29, 0.717) is 15.9 Å². The summed E-state index contributed by atoms with van der Waals surface area (Å²) in [7, 11) is 0. The normalized spacial score (nSPS) is 9.89. The Balaban J connectivity index is 2.39. The largest absolute Gasteiger partial charge is 0.478 e. The standard InChI is InChI=1S/C12H8N4O2S/c1-7-5-8(6-13)16-12(15-7)19-10-9(11(17)18)3-2-4-14-10/h2-5H,1H3,(H,17,18). The van der Waals surface area contributed by atoms with Gasteiger partial charge in [0.1, 0.15) is 16.8 Å². The van der Waals surface area contributed by atoms with Gasteiger partial charge < -0.3 is 5.11 Å². The molecule has 0 fully saturated rings. The number of rotatable bonds is 3. The van der Waals surface area contributed by atoms with E-state index >= 15 is 0 Å². The number of aromatic carboxylic acids is 1. The predicted octanol–water partition coefficient (Wildman–Crippen LogP) is 1.90. The lowest BCUT2D eigenvalue weighted by Crippen LogP contribution is -2.01. The van der Waals surface area contributed by atoms with Crippen molar-refractivity contribution >= 4 is 17.7 Å². The Labute approximate surface area is 113 Å². The first-order valence-corrected chi connectivity index (χ1v) is 6.04. The van der Waals surface area contributed by atoms with Gasteiger partial charge >= 0.3 is 5.97 Å². The van der Waals surface area contributed by atoms with Gasteiger partial charge in [-0.2, -0.15) is 5.26 Å². The minimum absolute atomic E-state index is 0.0797. The third-order valence-electron chi connectivity index (χ3n) is 2.14. The van der Waals surface area contributed by atoms with E-state index in [1.54, 1.807) is 19.1 Å². The quantitative estimate of drug-likeness (QED) is 0.851. The topological polar surface area (TPSA) is 99.8 Å². The summed E-state index contributed by atoms with van der Waals surface area (Å²) in [5.41, 5.74) is 0.959. The molecule has 2 aromatic heterocycles. The van der Waals surface area contributed by atoms with E-state index in [4.69, 9.17) is 10.4 Å². The second kappa shape index (κ2) is 5.46. The number of aryl methyl sites for hydroxylation is 1. The number of carboxylic acid groups (broad SMARTS) is 1. The highest BCUT2D eigenvalue weighted by atomic mass is 32.2. The molecule has 94 valence electrons. The molecule has 2 aromatic rings. The third kappa shape index (κ3) is 3.05. The van der Waals surface area contributed by atoms with E-state index in [2.05, 4.69) is 15.0 Å². The average molecular weight is 272 g/mol. The van der Waals surface area contributed by atoms with Gasteiger partial charge in [0.25, 0.3) is 0 Å². The van der Waals surface area contributed by atoms with Crippen molar-refractivity contribution < 1.29 is 9.90 Å². The minimum Gasteiger partial charge on any atom is -0.478 e. The number of hydrogen-bond acceptors (Lipinski definition) is 6. The molecular weight excluding hydrogens is 264 g/mol. The second-order valence-corrected chi connectivity index (χ2v) is 4.51. The monoisotopic (exact) mass is 272 g/mol. The number of nitrogens with zero attached hydrogens (tertiary/aromatic N) is 4. The van der Waals surface area contributed by atoms with Crippen molar-refractivity contribution in [3.63, 3.8) is 0 Å². The number of pyridine rings is 1. The number of carboxylic acids is 1. The first-order valence-electron chi connectivity index (χ1n) is 5.22. The maximum Gasteiger partial charge on any atom is 0.338 e. The van der Waals surface area contributed by atoms with Crippen LogP contribution in [-0.2, 0) is 0 Å². The molecule has 19 heavy (non-hydrogen) atoms. The van der Waals surface area contributed by atoms with E-state index in [0.717, 1.165) is 11.8 Å². The van der Waals surface area contributed by atoms with Crippen molar-refractivity contribution in [3.8, 4) is 6.07 Å². The third-order valence-corrected chi connectivity index (χ3v) is 3.02. The molecule has 0 radical (unpaired) electrons. The van der Waals surface area contributed by atoms with Crippen LogP contribution in [0.4, 0.5) is 0 Å². The van der Waals surface area contributed by atoms with Gasteiger partial charge in [0, 0.05) is 11.9 Å². The van der Waals surface area contributed by atoms with Gasteiger partial charge in [0.05, 0.1) is 5.56 Å². The molecule has 2 heterocycles. The molecule has 0 saturated carbocycles. The molecule has 0 amide bonds. The summed E-state index contributed by atoms with van der Waals surface area (Å²) in [6.45, 7) is 1.74. The molecule has 0 spiro atoms. The van der Waals surface area contributed by atoms with Crippen LogP contribution < -0.4 is 0 Å². The average Bonchev–Trinajstić information content (AvgIpc) is 2.38. The van der Waals surface area contributed by atoms with Gasteiger partial charge in [0.15, 0.2) is 5.16 Å². The Morgan fingerprint density at radius 2 is 2.26 bits per heavy atom. The molecule has 0 atom stereocenters. The van der Waals surface area contributed by atoms with Gasteiger partial charge in [-0.3, -0.25) is 0 Å². The van der Waals surface area contributed by atoms with Gasteiger partial charge in [0.2, 0.25) is 0 Å². The smallest absolute Gasteiger partial charge is 0.338 e. The van der Waals surface area contributed by atoms with Crippen molar-refractivity contribution in [1.82, 2.24) is 15.0 Å². The van der Waals surface area contributed by atoms with Crippen LogP contribution in [0, 0.1) is 18.3 Å². The van der Waals surface area contributed by atoms with Gasteiger partial charge in [-0.1, -0.05) is 0 Å². The van der Waals surface area contributed by atoms with Crippen LogP contribution in [0.2, 0.25) is 0 Å². The molecule has 0 saturated heterocycles. The molecule has 2 rings (SSSR count). The Kier molecular flexibility index (Phi) is 3.73. The van der Waals surface area contributed by atoms with Gasteiger partial charge in [-0.25, -0.2) is 19.7 Å². The Morgan fingerprint density at radius 1 is 1.47 bits per heavy atom. The Bertz CT molecular complexity index is 682. The van der Waals surface area contributed by atoms with Crippen LogP contribution in [0.25, 0.3) is 0 Å². The highest BCUT2D eigenvalue weighted by molar-refractivity contribution is 7.99. The number of carbonyl (C=O) groups is 1. The molecule has 6 nitrogen and oxygen atoms in total. The van der Waals surface area contributed by atoms with Crippen LogP contribution >= 0.6 is 11.8 Å². The number of hydrogen-bond donors (Lipinski definition) is 1. The molecule has 1 N–H and O–H groups in total. The van der Waals surface area contributed by atoms with Crippen LogP contribution in [0.1, 0.15) is 21.7 Å². The molecule has 0 bridgehead atoms. The zero-order valence-electron chi connectivity index (χ0n) is 9.86. The summed E-state index contributed by atoms with van der Waals surface area (Å²) in [5, 5.41) is 18.5. The van der Waals surface area contributed by atoms with Crippen molar-refractivity contribution in [1.29, 1.82) is 5.26 Å². The van der Waals surface area contributed by atoms with E-state index in [1.807, 2.05) is 6.07 Å². The highest BCUT2D eigenvalue weighted by Gasteiger charge is 2.13. The fraction of sp³-hybridized carbons (Fsp3) is 0.0833. The second-order valence-electron chi connectivity index (χ2n) is 3.55. The van der Waals surface area contributed by atoms with Crippen molar-refractivity contribution in [2.75, 3.05) is 0 Å². The molecule has 0 aliphatic carbocycles. The van der Waals surface area contributed by atoms with Gasteiger partial charge in [-0.15, -0.1) is 0 Å². The van der Waals surface area contributed by atoms with Gasteiger partial charge in [-0.05, 0) is 36.9 Å². The van der Waals surface area contributed by atoms with Crippen LogP contribution in [-0.4, -0.2) is 26.0 Å². The minimum atomic E-state index is -1.07. The summed E-state index contributed by atoms with van der Waals surface area (Å²) in [4.78, 5) is 23.2. The van der Waals surface area contributed by atoms with E-state index < -0.39 is 5.97 Å². The lowest BCUT2D eigenvalue weighted by molar-refractivity contribution is 0.0692. The molecule has 0 unspecified atom stereocenters. The number of nitriles is 1. The first-order chi connectivity index (χ1) is 9.10. The molecule has 0 aromatic carbocycles. The van der Waals surface area contributed by atoms with Crippen molar-refractivity contribution in [2.45, 2.75) is 17.1 Å². The Morgan fingerprint density at radius 3 is 2.95 bits per heavy atom. The van der Waals surface area contributed by atoms with Crippen LogP contribution in [0.15, 0.2) is 34.6 Å². The zero-order chi connectivity index (χ0) is 13.8. The van der Waals surface area contributed by atoms with Crippen LogP contribution in [0.3, 0.4) is 0 Å². The van der Waals surface area contributed by atoms with E-state index in [-0.39, 0.29) is 11.3 Å². The predicted molar refractivity (Wildman–Crippen MR) is 66.8 cm³/mol. The molecule has 0 aliphatic heterocycles. The summed E-state index contributed by atoms with van der Waals surface area (Å²) in [6, 6.07) is 6.49. The molecule has 0 aliphatic rings. The summed E-state index contributed by atoms with van der Waals surface area (Å²) >= 11 is 1.02. The van der Waals surface area contributed by atoms with Crippen molar-refractivity contribution in [2.24, 2.45) is 0 Å². The fourth-order valence-electron chi connectivity index (χ4n) is 1.37. The van der Waals surface area contributed by atoms with E-state index in [9.17, 15) is 4.79 Å². The summed E-state index contributed by atoms with van der Waals surface area (Å²) < 4.78 is 0. The summed E-state index contributed by atoms with van der Waals surface area (Å²) in [6.07, 6.45) is 1.50. The van der Waals surface area contributed by atoms with Crippen LogP contribution in [0.5, 0.6) is 0 Å². The first kappa shape index (κ1) is 13.0. The lowest BCUT2D eigenvalue weighted by atomic mass is 10.3. The Hall–Kier alpha value is -2.46. The lowest BCUT2D eigenvalue weighted by Gasteiger charge is -2.04. The molecular formula is C12H8N4O2S. The zero-order valence-corrected chi connectivity index (χ0v) is 10.7. The molecule has 7 heteroatoms. The maximum atomic E-state index is 11.1.